The number of ether oxygens (including phenoxy) is 1. The number of amides is 1. The number of hydrogen-bond acceptors (Lipinski definition) is 5. The Morgan fingerprint density at radius 1 is 1.21 bits per heavy atom. The van der Waals surface area contributed by atoms with Gasteiger partial charge in [-0.05, 0) is 36.8 Å². The minimum Gasteiger partial charge on any atom is -0.542 e. The second-order valence-electron chi connectivity index (χ2n) is 6.33. The molecule has 1 unspecified atom stereocenters. The van der Waals surface area contributed by atoms with E-state index in [0.717, 1.165) is 11.3 Å². The van der Waals surface area contributed by atoms with Gasteiger partial charge in [0.1, 0.15) is 11.7 Å². The molecule has 0 saturated carbocycles. The van der Waals surface area contributed by atoms with Crippen LogP contribution in [0.2, 0.25) is 0 Å². The molecule has 1 aliphatic rings. The lowest BCUT2D eigenvalue weighted by Gasteiger charge is -2.47. The highest BCUT2D eigenvalue weighted by Crippen LogP contribution is 2.42. The van der Waals surface area contributed by atoms with Crippen LogP contribution in [-0.2, 0) is 15.0 Å². The Kier molecular flexibility index (Phi) is 6.12. The summed E-state index contributed by atoms with van der Waals surface area (Å²) in [4.78, 5) is 26.3. The Morgan fingerprint density at radius 3 is 2.21 bits per heavy atom. The lowest BCUT2D eigenvalue weighted by atomic mass is 9.74. The van der Waals surface area contributed by atoms with E-state index in [4.69, 9.17) is 20.0 Å². The van der Waals surface area contributed by atoms with Gasteiger partial charge in [-0.1, -0.05) is 12.1 Å². The molecule has 3 rings (SSSR count). The van der Waals surface area contributed by atoms with Crippen molar-refractivity contribution in [3.05, 3.63) is 59.1 Å². The largest absolute Gasteiger partial charge is 0.542 e. The molecule has 1 fully saturated rings. The van der Waals surface area contributed by atoms with E-state index >= 15 is 0 Å². The predicted molar refractivity (Wildman–Crippen MR) is 94.9 cm³/mol. The number of carboxylic acids is 1. The molecule has 0 bridgehead atoms. The number of halogens is 3. The molecule has 0 aromatic heterocycles. The quantitative estimate of drug-likeness (QED) is 0.576. The zero-order valence-electron chi connectivity index (χ0n) is 15.4. The van der Waals surface area contributed by atoms with E-state index in [9.17, 15) is 18.0 Å². The van der Waals surface area contributed by atoms with Crippen molar-refractivity contribution in [2.45, 2.75) is 18.5 Å². The Morgan fingerprint density at radius 2 is 1.76 bits per heavy atom. The molecule has 152 valence electrons. The Balaban J connectivity index is 0.000000370. The summed E-state index contributed by atoms with van der Waals surface area (Å²) >= 11 is 0. The highest BCUT2D eigenvalue weighted by molar-refractivity contribution is 6.09. The van der Waals surface area contributed by atoms with Crippen LogP contribution < -0.4 is 14.7 Å². The summed E-state index contributed by atoms with van der Waals surface area (Å²) in [6.45, 7) is 2.51. The molecule has 2 aromatic rings. The lowest BCUT2D eigenvalue weighted by molar-refractivity contribution is -0.344. The van der Waals surface area contributed by atoms with Crippen LogP contribution in [0.3, 0.4) is 0 Å². The number of para-hydroxylation sites is 2. The molecule has 1 heterocycles. The molecule has 29 heavy (non-hydrogen) atoms. The average molecular weight is 407 g/mol. The fraction of sp³-hybridized carbons (Fsp3) is 0.263. The molecule has 0 aliphatic carbocycles. The van der Waals surface area contributed by atoms with Crippen molar-refractivity contribution < 1.29 is 32.6 Å². The fourth-order valence-corrected chi connectivity index (χ4v) is 2.82. The number of benzene rings is 2. The number of aliphatic carboxylic acids is 1. The average Bonchev–Trinajstić information content (AvgIpc) is 2.71. The lowest BCUT2D eigenvalue weighted by Crippen LogP contribution is -2.63. The van der Waals surface area contributed by atoms with E-state index in [-0.39, 0.29) is 5.91 Å². The predicted octanol–water partition coefficient (Wildman–Crippen LogP) is 2.78. The van der Waals surface area contributed by atoms with E-state index in [2.05, 4.69) is 4.98 Å². The maximum atomic E-state index is 12.7. The summed E-state index contributed by atoms with van der Waals surface area (Å²) < 4.78 is 36.9. The first-order valence-electron chi connectivity index (χ1n) is 8.23. The first-order chi connectivity index (χ1) is 13.5. The minimum atomic E-state index is -5.19. The van der Waals surface area contributed by atoms with Gasteiger partial charge >= 0.3 is 11.9 Å². The zero-order chi connectivity index (χ0) is 21.8. The number of methoxy groups -OCH3 is 1. The molecule has 1 saturated heterocycles. The Bertz CT molecular complexity index is 954. The van der Waals surface area contributed by atoms with E-state index < -0.39 is 17.6 Å². The first kappa shape index (κ1) is 21.7. The minimum absolute atomic E-state index is 0.0330. The number of carbonyl (C=O) groups is 2. The first-order valence-corrected chi connectivity index (χ1v) is 8.23. The normalized spacial score (nSPS) is 18.1. The molecule has 0 N–H and O–H groups in total. The van der Waals surface area contributed by atoms with Crippen LogP contribution in [0, 0.1) is 5.39 Å². The third kappa shape index (κ3) is 4.45. The summed E-state index contributed by atoms with van der Waals surface area (Å²) in [6, 6.07) is 14.5. The van der Waals surface area contributed by atoms with E-state index in [1.165, 1.54) is 0 Å². The van der Waals surface area contributed by atoms with E-state index in [0.29, 0.717) is 18.0 Å². The van der Waals surface area contributed by atoms with Crippen molar-refractivity contribution >= 4 is 23.3 Å². The van der Waals surface area contributed by atoms with Crippen molar-refractivity contribution in [2.75, 3.05) is 18.6 Å². The molecule has 0 spiro atoms. The summed E-state index contributed by atoms with van der Waals surface area (Å²) in [5, 5.41) is 17.5. The van der Waals surface area contributed by atoms with Crippen molar-refractivity contribution in [2.24, 2.45) is 0 Å². The van der Waals surface area contributed by atoms with Crippen molar-refractivity contribution in [3.63, 3.8) is 0 Å². The SMILES string of the molecule is COc1ccccc1N1CC(C)(c2ccc([N+]#N)cc2)C1=O.O=C([O-])C(F)(F)F. The van der Waals surface area contributed by atoms with Crippen LogP contribution in [-0.4, -0.2) is 31.7 Å². The molecular weight excluding hydrogens is 391 g/mol. The smallest absolute Gasteiger partial charge is 0.430 e. The fourth-order valence-electron chi connectivity index (χ4n) is 2.82. The van der Waals surface area contributed by atoms with Gasteiger partial charge < -0.3 is 19.5 Å². The number of β-lactam (4-membered cyclic amide) rings is 1. The molecule has 7 nitrogen and oxygen atoms in total. The van der Waals surface area contributed by atoms with Crippen LogP contribution in [0.5, 0.6) is 5.75 Å². The summed E-state index contributed by atoms with van der Waals surface area (Å²) in [5.74, 6) is -2.29. The number of rotatable bonds is 3. The molecular formula is C19H16F3N3O4. The number of carbonyl (C=O) groups excluding carboxylic acids is 2. The molecule has 1 amide bonds. The second kappa shape index (κ2) is 8.18. The number of carboxylic acid groups (broad SMARTS) is 1. The maximum Gasteiger partial charge on any atom is 0.430 e. The number of hydrogen-bond donors (Lipinski definition) is 0. The number of alkyl halides is 3. The molecule has 10 heteroatoms. The van der Waals surface area contributed by atoms with Gasteiger partial charge in [0.05, 0.1) is 18.2 Å². The Hall–Kier alpha value is -3.61. The standard InChI is InChI=1S/C17H16N3O2.C2HF3O2/c1-17(12-7-9-13(19-18)10-8-12)11-20(16(17)21)14-5-3-4-6-15(14)22-2;3-2(4,5)1(6)7/h3-10H,11H2,1-2H3;(H,6,7)/q+1;/p-1. The monoisotopic (exact) mass is 407 g/mol. The van der Waals surface area contributed by atoms with Gasteiger partial charge in [0.25, 0.3) is 0 Å². The number of diazo groups is 1. The van der Waals surface area contributed by atoms with Crippen LogP contribution in [0.4, 0.5) is 24.5 Å². The maximum absolute atomic E-state index is 12.7. The van der Waals surface area contributed by atoms with Gasteiger partial charge in [-0.25, -0.2) is 0 Å². The summed E-state index contributed by atoms with van der Waals surface area (Å²) in [5.41, 5.74) is 1.61. The van der Waals surface area contributed by atoms with Gasteiger partial charge in [-0.3, -0.25) is 4.79 Å². The third-order valence-corrected chi connectivity index (χ3v) is 4.42. The van der Waals surface area contributed by atoms with Crippen molar-refractivity contribution in [1.82, 2.24) is 0 Å². The Labute approximate surface area is 163 Å². The third-order valence-electron chi connectivity index (χ3n) is 4.42. The van der Waals surface area contributed by atoms with Gasteiger partial charge in [0, 0.05) is 18.7 Å². The molecule has 1 atom stereocenters. The van der Waals surface area contributed by atoms with Gasteiger partial charge in [0.2, 0.25) is 11.3 Å². The topological polar surface area (TPSA) is 97.8 Å². The van der Waals surface area contributed by atoms with Crippen molar-refractivity contribution in [1.29, 1.82) is 5.39 Å². The number of nitrogens with zero attached hydrogens (tertiary/aromatic N) is 3. The zero-order valence-corrected chi connectivity index (χ0v) is 15.4. The summed E-state index contributed by atoms with van der Waals surface area (Å²) in [6.07, 6.45) is -5.19. The van der Waals surface area contributed by atoms with Crippen molar-refractivity contribution in [3.8, 4) is 5.75 Å². The van der Waals surface area contributed by atoms with Crippen LogP contribution >= 0.6 is 0 Å². The van der Waals surface area contributed by atoms with Gasteiger partial charge in [-0.15, -0.1) is 0 Å². The van der Waals surface area contributed by atoms with Gasteiger partial charge in [-0.2, -0.15) is 13.2 Å². The summed E-state index contributed by atoms with van der Waals surface area (Å²) in [7, 11) is 1.60. The van der Waals surface area contributed by atoms with Crippen LogP contribution in [0.15, 0.2) is 48.5 Å². The van der Waals surface area contributed by atoms with E-state index in [1.807, 2.05) is 43.3 Å². The number of anilines is 1. The molecule has 2 aromatic carbocycles. The van der Waals surface area contributed by atoms with Gasteiger partial charge in [0.15, 0.2) is 4.98 Å². The highest BCUT2D eigenvalue weighted by atomic mass is 19.4. The van der Waals surface area contributed by atoms with E-state index in [1.54, 1.807) is 24.1 Å². The molecule has 0 radical (unpaired) electrons. The van der Waals surface area contributed by atoms with Crippen LogP contribution in [0.25, 0.3) is 4.98 Å². The highest BCUT2D eigenvalue weighted by Gasteiger charge is 2.50. The second-order valence-corrected chi connectivity index (χ2v) is 6.33. The van der Waals surface area contributed by atoms with Crippen LogP contribution in [0.1, 0.15) is 12.5 Å². The molecule has 1 aliphatic heterocycles.